The van der Waals surface area contributed by atoms with Crippen LogP contribution in [-0.4, -0.2) is 53.1 Å². The molecule has 0 radical (unpaired) electrons. The highest BCUT2D eigenvalue weighted by atomic mass is 16.5. The minimum Gasteiger partial charge on any atom is -0.497 e. The fraction of sp³-hybridized carbons (Fsp3) is 0.250. The molecule has 9 heteroatoms. The van der Waals surface area contributed by atoms with Gasteiger partial charge in [-0.1, -0.05) is 17.2 Å². The van der Waals surface area contributed by atoms with E-state index in [9.17, 15) is 4.79 Å². The molecule has 4 aromatic rings. The topological polar surface area (TPSA) is 99.9 Å². The van der Waals surface area contributed by atoms with Gasteiger partial charge in [-0.05, 0) is 44.2 Å². The first-order valence-electron chi connectivity index (χ1n) is 10.4. The molecule has 9 nitrogen and oxygen atoms in total. The van der Waals surface area contributed by atoms with Crippen molar-refractivity contribution in [3.05, 3.63) is 65.2 Å². The van der Waals surface area contributed by atoms with Gasteiger partial charge in [0.2, 0.25) is 5.88 Å². The normalized spacial score (nSPS) is 10.8. The number of methoxy groups -OCH3 is 2. The highest BCUT2D eigenvalue weighted by Crippen LogP contribution is 2.32. The molecule has 2 aromatic heterocycles. The van der Waals surface area contributed by atoms with Gasteiger partial charge in [0.15, 0.2) is 11.5 Å². The van der Waals surface area contributed by atoms with Crippen LogP contribution in [0.4, 0.5) is 0 Å². The number of aryl methyl sites for hydroxylation is 2. The molecule has 0 atom stereocenters. The third kappa shape index (κ3) is 4.87. The monoisotopic (exact) mass is 447 g/mol. The molecule has 170 valence electrons. The van der Waals surface area contributed by atoms with Crippen molar-refractivity contribution >= 4 is 11.6 Å². The number of aromatic nitrogens is 4. The molecule has 33 heavy (non-hydrogen) atoms. The van der Waals surface area contributed by atoms with Gasteiger partial charge in [-0.3, -0.25) is 4.79 Å². The zero-order valence-corrected chi connectivity index (χ0v) is 19.0. The average Bonchev–Trinajstić information content (AvgIpc) is 3.23. The fourth-order valence-electron chi connectivity index (χ4n) is 3.53. The van der Waals surface area contributed by atoms with E-state index in [4.69, 9.17) is 14.2 Å². The molecule has 0 aliphatic rings. The zero-order chi connectivity index (χ0) is 23.4. The van der Waals surface area contributed by atoms with Gasteiger partial charge in [-0.25, -0.2) is 0 Å². The van der Waals surface area contributed by atoms with Gasteiger partial charge >= 0.3 is 0 Å². The van der Waals surface area contributed by atoms with Crippen molar-refractivity contribution < 1.29 is 19.0 Å². The molecule has 2 heterocycles. The summed E-state index contributed by atoms with van der Waals surface area (Å²) in [6.45, 7) is 4.54. The summed E-state index contributed by atoms with van der Waals surface area (Å²) in [5.41, 5.74) is 4.02. The molecule has 0 unspecified atom stereocenters. The van der Waals surface area contributed by atoms with Gasteiger partial charge in [-0.15, -0.1) is 15.3 Å². The molecule has 0 saturated carbocycles. The number of carbonyl (C=O) groups excluding carboxylic acids is 1. The number of carbonyl (C=O) groups is 1. The molecule has 0 saturated heterocycles. The zero-order valence-electron chi connectivity index (χ0n) is 19.0. The molecule has 4 rings (SSSR count). The van der Waals surface area contributed by atoms with Crippen LogP contribution in [0, 0.1) is 13.8 Å². The van der Waals surface area contributed by atoms with Crippen molar-refractivity contribution in [1.29, 1.82) is 0 Å². The molecular weight excluding hydrogens is 422 g/mol. The Bertz CT molecular complexity index is 1280. The third-order valence-electron chi connectivity index (χ3n) is 5.01. The Morgan fingerprint density at radius 1 is 0.970 bits per heavy atom. The molecule has 0 fully saturated rings. The van der Waals surface area contributed by atoms with Crippen molar-refractivity contribution in [1.82, 2.24) is 25.1 Å². The Morgan fingerprint density at radius 3 is 2.48 bits per heavy atom. The van der Waals surface area contributed by atoms with E-state index < -0.39 is 0 Å². The molecule has 0 aliphatic heterocycles. The molecule has 2 aromatic carbocycles. The van der Waals surface area contributed by atoms with Crippen LogP contribution in [0.15, 0.2) is 48.5 Å². The van der Waals surface area contributed by atoms with Crippen LogP contribution in [0.3, 0.4) is 0 Å². The van der Waals surface area contributed by atoms with Crippen molar-refractivity contribution in [3.63, 3.8) is 0 Å². The Labute approximate surface area is 191 Å². The number of benzene rings is 2. The lowest BCUT2D eigenvalue weighted by molar-refractivity contribution is 0.0946. The summed E-state index contributed by atoms with van der Waals surface area (Å²) in [5, 5.41) is 15.8. The Balaban J connectivity index is 1.45. The first-order valence-corrected chi connectivity index (χ1v) is 10.4. The van der Waals surface area contributed by atoms with Crippen molar-refractivity contribution in [2.24, 2.45) is 0 Å². The van der Waals surface area contributed by atoms with Crippen LogP contribution in [0.1, 0.15) is 21.5 Å². The van der Waals surface area contributed by atoms with E-state index >= 15 is 0 Å². The quantitative estimate of drug-likeness (QED) is 0.414. The Morgan fingerprint density at radius 2 is 1.76 bits per heavy atom. The summed E-state index contributed by atoms with van der Waals surface area (Å²) >= 11 is 0. The van der Waals surface area contributed by atoms with Gasteiger partial charge < -0.3 is 19.5 Å². The maximum Gasteiger partial charge on any atom is 0.251 e. The molecule has 1 amide bonds. The maximum atomic E-state index is 12.4. The van der Waals surface area contributed by atoms with E-state index in [0.717, 1.165) is 16.7 Å². The minimum absolute atomic E-state index is 0.137. The number of hydrogen-bond donors (Lipinski definition) is 1. The van der Waals surface area contributed by atoms with Crippen LogP contribution < -0.4 is 19.5 Å². The number of ether oxygens (including phenoxy) is 3. The molecule has 0 bridgehead atoms. The van der Waals surface area contributed by atoms with Gasteiger partial charge in [-0.2, -0.15) is 4.52 Å². The molecular formula is C24H25N5O4. The Kier molecular flexibility index (Phi) is 6.39. The van der Waals surface area contributed by atoms with Crippen LogP contribution in [0.5, 0.6) is 17.4 Å². The number of rotatable bonds is 8. The molecule has 0 spiro atoms. The number of nitrogens with zero attached hydrogens (tertiary/aromatic N) is 4. The first kappa shape index (κ1) is 22.1. The fourth-order valence-corrected chi connectivity index (χ4v) is 3.53. The number of nitrogens with one attached hydrogen (secondary N) is 1. The van der Waals surface area contributed by atoms with Crippen LogP contribution in [0.2, 0.25) is 0 Å². The van der Waals surface area contributed by atoms with E-state index in [-0.39, 0.29) is 12.5 Å². The number of fused-ring (bicyclic) bond motifs is 1. The van der Waals surface area contributed by atoms with Crippen molar-refractivity contribution in [2.75, 3.05) is 27.4 Å². The van der Waals surface area contributed by atoms with Crippen LogP contribution in [0.25, 0.3) is 17.0 Å². The summed E-state index contributed by atoms with van der Waals surface area (Å²) in [5.74, 6) is 2.02. The highest BCUT2D eigenvalue weighted by Gasteiger charge is 2.16. The van der Waals surface area contributed by atoms with E-state index in [1.54, 1.807) is 36.9 Å². The maximum absolute atomic E-state index is 12.4. The second-order valence-corrected chi connectivity index (χ2v) is 7.51. The lowest BCUT2D eigenvalue weighted by Crippen LogP contribution is -2.28. The van der Waals surface area contributed by atoms with E-state index in [0.29, 0.717) is 41.0 Å². The second kappa shape index (κ2) is 9.56. The lowest BCUT2D eigenvalue weighted by Gasteiger charge is -2.10. The Hall–Kier alpha value is -4.14. The van der Waals surface area contributed by atoms with E-state index in [1.807, 2.05) is 44.2 Å². The summed E-state index contributed by atoms with van der Waals surface area (Å²) in [7, 11) is 3.17. The summed E-state index contributed by atoms with van der Waals surface area (Å²) in [6.07, 6.45) is 0. The summed E-state index contributed by atoms with van der Waals surface area (Å²) in [4.78, 5) is 12.4. The first-order chi connectivity index (χ1) is 16.0. The molecule has 1 N–H and O–H groups in total. The molecule has 0 aliphatic carbocycles. The number of hydrogen-bond acceptors (Lipinski definition) is 7. The number of amides is 1. The van der Waals surface area contributed by atoms with Crippen molar-refractivity contribution in [3.8, 4) is 28.8 Å². The predicted octanol–water partition coefficient (Wildman–Crippen LogP) is 3.23. The van der Waals surface area contributed by atoms with E-state index in [2.05, 4.69) is 20.6 Å². The van der Waals surface area contributed by atoms with Gasteiger partial charge in [0, 0.05) is 17.7 Å². The second-order valence-electron chi connectivity index (χ2n) is 7.51. The average molecular weight is 447 g/mol. The summed E-state index contributed by atoms with van der Waals surface area (Å²) < 4.78 is 18.1. The van der Waals surface area contributed by atoms with Gasteiger partial charge in [0.25, 0.3) is 5.91 Å². The largest absolute Gasteiger partial charge is 0.497 e. The third-order valence-corrected chi connectivity index (χ3v) is 5.01. The predicted molar refractivity (Wildman–Crippen MR) is 123 cm³/mol. The van der Waals surface area contributed by atoms with Gasteiger partial charge in [0.1, 0.15) is 18.1 Å². The highest BCUT2D eigenvalue weighted by molar-refractivity contribution is 5.94. The van der Waals surface area contributed by atoms with E-state index in [1.165, 1.54) is 0 Å². The minimum atomic E-state index is -0.137. The van der Waals surface area contributed by atoms with Crippen LogP contribution >= 0.6 is 0 Å². The van der Waals surface area contributed by atoms with Crippen LogP contribution in [-0.2, 0) is 0 Å². The summed E-state index contributed by atoms with van der Waals surface area (Å²) in [6, 6.07) is 14.7. The SMILES string of the molecule is COc1ccc(-c2nnc3ccc(OCCNC(=O)c4cc(C)cc(C)c4)nn23)c(OC)c1. The smallest absolute Gasteiger partial charge is 0.251 e. The standard InChI is InChI=1S/C24H25N5O4/c1-15-11-16(2)13-17(12-15)24(30)25-9-10-33-22-8-7-21-26-27-23(29(21)28-22)19-6-5-18(31-3)14-20(19)32-4/h5-8,11-14H,9-10H2,1-4H3,(H,25,30). The van der Waals surface area contributed by atoms with Crippen molar-refractivity contribution in [2.45, 2.75) is 13.8 Å². The van der Waals surface area contributed by atoms with Gasteiger partial charge in [0.05, 0.1) is 26.3 Å². The lowest BCUT2D eigenvalue weighted by atomic mass is 10.1.